The fourth-order valence-corrected chi connectivity index (χ4v) is 2.06. The van der Waals surface area contributed by atoms with E-state index in [1.807, 2.05) is 31.7 Å². The number of aromatic nitrogens is 2. The third-order valence-corrected chi connectivity index (χ3v) is 3.09. The maximum atomic E-state index is 12.2. The molecule has 2 heterocycles. The van der Waals surface area contributed by atoms with E-state index in [0.29, 0.717) is 19.6 Å². The lowest BCUT2D eigenvalue weighted by Gasteiger charge is -2.44. The predicted molar refractivity (Wildman–Crippen MR) is 63.5 cm³/mol. The molecule has 0 bridgehead atoms. The highest BCUT2D eigenvalue weighted by Gasteiger charge is 2.36. The highest BCUT2D eigenvalue weighted by molar-refractivity contribution is 5.79. The molecule has 94 valence electrons. The van der Waals surface area contributed by atoms with E-state index in [9.17, 15) is 4.79 Å². The van der Waals surface area contributed by atoms with E-state index in [1.165, 1.54) is 0 Å². The SMILES string of the molecule is C[C@H]1CN(C(=O)Cc2ccn[nH]2)C(C)(C)CO1. The van der Waals surface area contributed by atoms with Gasteiger partial charge in [-0.15, -0.1) is 0 Å². The second-order valence-corrected chi connectivity index (χ2v) is 5.20. The van der Waals surface area contributed by atoms with Crippen molar-refractivity contribution in [2.45, 2.75) is 38.8 Å². The molecule has 1 saturated heterocycles. The van der Waals surface area contributed by atoms with Crippen molar-refractivity contribution in [1.29, 1.82) is 0 Å². The Labute approximate surface area is 101 Å². The number of carbonyl (C=O) groups is 1. The highest BCUT2D eigenvalue weighted by Crippen LogP contribution is 2.22. The normalized spacial score (nSPS) is 23.7. The lowest BCUT2D eigenvalue weighted by atomic mass is 10.00. The van der Waals surface area contributed by atoms with E-state index in [-0.39, 0.29) is 17.6 Å². The minimum Gasteiger partial charge on any atom is -0.374 e. The molecule has 1 aliphatic heterocycles. The van der Waals surface area contributed by atoms with E-state index >= 15 is 0 Å². The zero-order valence-electron chi connectivity index (χ0n) is 10.6. The Bertz CT molecular complexity index is 386. The summed E-state index contributed by atoms with van der Waals surface area (Å²) >= 11 is 0. The standard InChI is InChI=1S/C12H19N3O2/c1-9-7-15(12(2,3)8-17-9)11(16)6-10-4-5-13-14-10/h4-5,9H,6-8H2,1-3H3,(H,13,14)/t9-/m0/s1. The fraction of sp³-hybridized carbons (Fsp3) is 0.667. The number of ether oxygens (including phenoxy) is 1. The summed E-state index contributed by atoms with van der Waals surface area (Å²) in [6, 6.07) is 1.83. The molecule has 0 saturated carbocycles. The zero-order chi connectivity index (χ0) is 12.5. The molecular formula is C12H19N3O2. The molecule has 0 unspecified atom stereocenters. The summed E-state index contributed by atoms with van der Waals surface area (Å²) in [6.07, 6.45) is 2.14. The first-order valence-electron chi connectivity index (χ1n) is 5.89. The monoisotopic (exact) mass is 237 g/mol. The van der Waals surface area contributed by atoms with Crippen LogP contribution < -0.4 is 0 Å². The Morgan fingerprint density at radius 3 is 3.12 bits per heavy atom. The van der Waals surface area contributed by atoms with Gasteiger partial charge >= 0.3 is 0 Å². The zero-order valence-corrected chi connectivity index (χ0v) is 10.6. The molecule has 1 N–H and O–H groups in total. The minimum absolute atomic E-state index is 0.105. The van der Waals surface area contributed by atoms with Crippen LogP contribution in [0.25, 0.3) is 0 Å². The summed E-state index contributed by atoms with van der Waals surface area (Å²) in [4.78, 5) is 14.2. The third-order valence-electron chi connectivity index (χ3n) is 3.09. The summed E-state index contributed by atoms with van der Waals surface area (Å²) < 4.78 is 5.59. The largest absolute Gasteiger partial charge is 0.374 e. The number of rotatable bonds is 2. The molecule has 1 atom stereocenters. The van der Waals surface area contributed by atoms with Crippen molar-refractivity contribution in [2.24, 2.45) is 0 Å². The molecular weight excluding hydrogens is 218 g/mol. The smallest absolute Gasteiger partial charge is 0.229 e. The second kappa shape index (κ2) is 4.49. The Balaban J connectivity index is 2.06. The molecule has 1 fully saturated rings. The van der Waals surface area contributed by atoms with E-state index < -0.39 is 0 Å². The van der Waals surface area contributed by atoms with E-state index in [2.05, 4.69) is 10.2 Å². The molecule has 2 rings (SSSR count). The van der Waals surface area contributed by atoms with E-state index in [0.717, 1.165) is 5.69 Å². The van der Waals surface area contributed by atoms with Crippen molar-refractivity contribution in [2.75, 3.05) is 13.2 Å². The number of carbonyl (C=O) groups excluding carboxylic acids is 1. The number of nitrogens with one attached hydrogen (secondary N) is 1. The predicted octanol–water partition coefficient (Wildman–Crippen LogP) is 0.978. The van der Waals surface area contributed by atoms with Crippen LogP contribution in [-0.4, -0.2) is 45.8 Å². The number of hydrogen-bond donors (Lipinski definition) is 1. The van der Waals surface area contributed by atoms with Crippen LogP contribution in [-0.2, 0) is 16.0 Å². The summed E-state index contributed by atoms with van der Waals surface area (Å²) in [7, 11) is 0. The van der Waals surface area contributed by atoms with Crippen LogP contribution in [0.5, 0.6) is 0 Å². The van der Waals surface area contributed by atoms with Gasteiger partial charge in [0.15, 0.2) is 0 Å². The molecule has 17 heavy (non-hydrogen) atoms. The lowest BCUT2D eigenvalue weighted by Crippen LogP contribution is -2.58. The van der Waals surface area contributed by atoms with Gasteiger partial charge in [0, 0.05) is 18.4 Å². The van der Waals surface area contributed by atoms with Gasteiger partial charge in [-0.2, -0.15) is 5.10 Å². The van der Waals surface area contributed by atoms with Crippen LogP contribution in [0.1, 0.15) is 26.5 Å². The van der Waals surface area contributed by atoms with Gasteiger partial charge < -0.3 is 9.64 Å². The summed E-state index contributed by atoms with van der Waals surface area (Å²) in [6.45, 7) is 7.29. The van der Waals surface area contributed by atoms with Crippen LogP contribution in [0, 0.1) is 0 Å². The van der Waals surface area contributed by atoms with Gasteiger partial charge in [-0.25, -0.2) is 0 Å². The van der Waals surface area contributed by atoms with Crippen molar-refractivity contribution < 1.29 is 9.53 Å². The molecule has 1 aromatic heterocycles. The Kier molecular flexibility index (Phi) is 3.19. The average molecular weight is 237 g/mol. The maximum absolute atomic E-state index is 12.2. The first kappa shape index (κ1) is 12.1. The first-order chi connectivity index (χ1) is 7.99. The Morgan fingerprint density at radius 1 is 1.71 bits per heavy atom. The highest BCUT2D eigenvalue weighted by atomic mass is 16.5. The molecule has 0 aliphatic carbocycles. The lowest BCUT2D eigenvalue weighted by molar-refractivity contribution is -0.152. The van der Waals surface area contributed by atoms with Gasteiger partial charge in [0.2, 0.25) is 5.91 Å². The average Bonchev–Trinajstić information content (AvgIpc) is 2.74. The van der Waals surface area contributed by atoms with Crippen molar-refractivity contribution in [3.8, 4) is 0 Å². The van der Waals surface area contributed by atoms with Gasteiger partial charge in [0.05, 0.1) is 24.7 Å². The van der Waals surface area contributed by atoms with Gasteiger partial charge in [0.25, 0.3) is 0 Å². The molecule has 0 spiro atoms. The number of nitrogens with zero attached hydrogens (tertiary/aromatic N) is 2. The second-order valence-electron chi connectivity index (χ2n) is 5.20. The molecule has 5 nitrogen and oxygen atoms in total. The van der Waals surface area contributed by atoms with Crippen LogP contribution in [0.4, 0.5) is 0 Å². The Hall–Kier alpha value is -1.36. The molecule has 0 radical (unpaired) electrons. The Morgan fingerprint density at radius 2 is 2.47 bits per heavy atom. The number of H-pyrrole nitrogens is 1. The number of morpholine rings is 1. The van der Waals surface area contributed by atoms with Crippen LogP contribution >= 0.6 is 0 Å². The van der Waals surface area contributed by atoms with Gasteiger partial charge in [0.1, 0.15) is 0 Å². The summed E-state index contributed by atoms with van der Waals surface area (Å²) in [5, 5.41) is 6.67. The third kappa shape index (κ3) is 2.66. The molecule has 1 aromatic rings. The number of hydrogen-bond acceptors (Lipinski definition) is 3. The number of amides is 1. The first-order valence-corrected chi connectivity index (χ1v) is 5.89. The molecule has 1 amide bonds. The van der Waals surface area contributed by atoms with Gasteiger partial charge in [-0.1, -0.05) is 0 Å². The maximum Gasteiger partial charge on any atom is 0.229 e. The fourth-order valence-electron chi connectivity index (χ4n) is 2.06. The minimum atomic E-state index is -0.233. The van der Waals surface area contributed by atoms with Crippen LogP contribution in [0.2, 0.25) is 0 Å². The van der Waals surface area contributed by atoms with Gasteiger partial charge in [-0.05, 0) is 26.8 Å². The van der Waals surface area contributed by atoms with E-state index in [1.54, 1.807) is 6.20 Å². The summed E-state index contributed by atoms with van der Waals surface area (Å²) in [5.41, 5.74) is 0.619. The molecule has 5 heteroatoms. The quantitative estimate of drug-likeness (QED) is 0.834. The van der Waals surface area contributed by atoms with Crippen molar-refractivity contribution in [1.82, 2.24) is 15.1 Å². The van der Waals surface area contributed by atoms with E-state index in [4.69, 9.17) is 4.74 Å². The summed E-state index contributed by atoms with van der Waals surface area (Å²) in [5.74, 6) is 0.120. The molecule has 1 aliphatic rings. The van der Waals surface area contributed by atoms with Crippen LogP contribution in [0.15, 0.2) is 12.3 Å². The van der Waals surface area contributed by atoms with Crippen molar-refractivity contribution >= 4 is 5.91 Å². The van der Waals surface area contributed by atoms with Crippen molar-refractivity contribution in [3.05, 3.63) is 18.0 Å². The van der Waals surface area contributed by atoms with Gasteiger partial charge in [-0.3, -0.25) is 9.89 Å². The van der Waals surface area contributed by atoms with Crippen molar-refractivity contribution in [3.63, 3.8) is 0 Å². The number of aromatic amines is 1. The van der Waals surface area contributed by atoms with Crippen LogP contribution in [0.3, 0.4) is 0 Å². The molecule has 0 aromatic carbocycles. The topological polar surface area (TPSA) is 58.2 Å².